The van der Waals surface area contributed by atoms with Crippen LogP contribution >= 0.6 is 11.6 Å². The molecule has 3 aromatic carbocycles. The number of halogens is 1. The van der Waals surface area contributed by atoms with Crippen molar-refractivity contribution in [3.8, 4) is 0 Å². The lowest BCUT2D eigenvalue weighted by atomic mass is 9.99. The molecule has 0 fully saturated rings. The van der Waals surface area contributed by atoms with Gasteiger partial charge in [-0.15, -0.1) is 0 Å². The van der Waals surface area contributed by atoms with Crippen molar-refractivity contribution >= 4 is 32.5 Å². The second-order valence-corrected chi connectivity index (χ2v) is 8.36. The molecule has 6 heteroatoms. The molecular formula is C21H17ClN2O2S. The van der Waals surface area contributed by atoms with Crippen molar-refractivity contribution < 1.29 is 8.42 Å². The van der Waals surface area contributed by atoms with Crippen LogP contribution in [0.3, 0.4) is 0 Å². The number of nitrogens with one attached hydrogen (secondary N) is 2. The molecule has 1 aromatic heterocycles. The number of fused-ring (bicyclic) bond motifs is 1. The summed E-state index contributed by atoms with van der Waals surface area (Å²) in [5.41, 5.74) is 2.55. The Labute approximate surface area is 162 Å². The highest BCUT2D eigenvalue weighted by molar-refractivity contribution is 7.89. The fourth-order valence-electron chi connectivity index (χ4n) is 3.14. The Morgan fingerprint density at radius 2 is 1.56 bits per heavy atom. The summed E-state index contributed by atoms with van der Waals surface area (Å²) in [5, 5.41) is 1.54. The van der Waals surface area contributed by atoms with Crippen molar-refractivity contribution in [2.45, 2.75) is 10.9 Å². The summed E-state index contributed by atoms with van der Waals surface area (Å²) >= 11 is 6.08. The van der Waals surface area contributed by atoms with Crippen molar-refractivity contribution in [3.05, 3.63) is 101 Å². The minimum absolute atomic E-state index is 0.230. The van der Waals surface area contributed by atoms with Gasteiger partial charge in [-0.3, -0.25) is 0 Å². The minimum atomic E-state index is -3.70. The summed E-state index contributed by atoms with van der Waals surface area (Å²) in [5.74, 6) is 0. The largest absolute Gasteiger partial charge is 0.361 e. The first kappa shape index (κ1) is 17.8. The van der Waals surface area contributed by atoms with Gasteiger partial charge in [-0.1, -0.05) is 66.2 Å². The third kappa shape index (κ3) is 3.62. The van der Waals surface area contributed by atoms with Crippen LogP contribution < -0.4 is 4.72 Å². The van der Waals surface area contributed by atoms with Crippen LogP contribution in [-0.4, -0.2) is 13.4 Å². The lowest BCUT2D eigenvalue weighted by Crippen LogP contribution is -2.29. The summed E-state index contributed by atoms with van der Waals surface area (Å²) in [4.78, 5) is 3.42. The SMILES string of the molecule is O=S(=O)(N[C@H](c1ccccc1)c1c[nH]c2cc(Cl)ccc12)c1ccccc1. The molecule has 1 atom stereocenters. The maximum absolute atomic E-state index is 13.0. The number of aromatic nitrogens is 1. The Kier molecular flexibility index (Phi) is 4.74. The standard InChI is InChI=1S/C21H17ClN2O2S/c22-16-11-12-18-19(14-23-20(18)13-16)21(15-7-3-1-4-8-15)24-27(25,26)17-9-5-2-6-10-17/h1-14,21,23-24H/t21-/m1/s1. The smallest absolute Gasteiger partial charge is 0.241 e. The Morgan fingerprint density at radius 3 is 2.26 bits per heavy atom. The van der Waals surface area contributed by atoms with E-state index in [9.17, 15) is 8.42 Å². The number of aromatic amines is 1. The van der Waals surface area contributed by atoms with E-state index in [1.807, 2.05) is 48.7 Å². The van der Waals surface area contributed by atoms with E-state index in [4.69, 9.17) is 11.6 Å². The van der Waals surface area contributed by atoms with Crippen molar-refractivity contribution in [2.75, 3.05) is 0 Å². The average Bonchev–Trinajstić information content (AvgIpc) is 3.10. The van der Waals surface area contributed by atoms with Gasteiger partial charge in [0.15, 0.2) is 0 Å². The van der Waals surface area contributed by atoms with Gasteiger partial charge >= 0.3 is 0 Å². The van der Waals surface area contributed by atoms with E-state index >= 15 is 0 Å². The number of H-pyrrole nitrogens is 1. The fourth-order valence-corrected chi connectivity index (χ4v) is 4.54. The van der Waals surface area contributed by atoms with Crippen LogP contribution in [0.1, 0.15) is 17.2 Å². The molecule has 0 saturated heterocycles. The molecule has 0 spiro atoms. The number of benzene rings is 3. The first-order chi connectivity index (χ1) is 13.0. The predicted molar refractivity (Wildman–Crippen MR) is 108 cm³/mol. The normalized spacial score (nSPS) is 12.9. The van der Waals surface area contributed by atoms with Crippen molar-refractivity contribution in [2.24, 2.45) is 0 Å². The van der Waals surface area contributed by atoms with Gasteiger partial charge in [0.25, 0.3) is 0 Å². The zero-order valence-corrected chi connectivity index (χ0v) is 15.8. The summed E-state index contributed by atoms with van der Waals surface area (Å²) in [6, 6.07) is 22.9. The van der Waals surface area contributed by atoms with Gasteiger partial charge in [0.05, 0.1) is 10.9 Å². The Bertz CT molecular complexity index is 1170. The van der Waals surface area contributed by atoms with Crippen LogP contribution in [0, 0.1) is 0 Å². The first-order valence-electron chi connectivity index (χ1n) is 8.43. The molecule has 0 bridgehead atoms. The Hall–Kier alpha value is -2.60. The highest BCUT2D eigenvalue weighted by Gasteiger charge is 2.24. The van der Waals surface area contributed by atoms with E-state index in [0.717, 1.165) is 22.0 Å². The lowest BCUT2D eigenvalue weighted by molar-refractivity contribution is 0.572. The van der Waals surface area contributed by atoms with Gasteiger partial charge in [0.1, 0.15) is 0 Å². The van der Waals surface area contributed by atoms with Gasteiger partial charge in [-0.25, -0.2) is 8.42 Å². The van der Waals surface area contributed by atoms with E-state index in [1.165, 1.54) is 0 Å². The monoisotopic (exact) mass is 396 g/mol. The van der Waals surface area contributed by atoms with E-state index in [1.54, 1.807) is 36.4 Å². The molecule has 0 radical (unpaired) electrons. The molecule has 0 saturated carbocycles. The number of hydrogen-bond donors (Lipinski definition) is 2. The second-order valence-electron chi connectivity index (χ2n) is 6.21. The summed E-state index contributed by atoms with van der Waals surface area (Å²) in [6.45, 7) is 0. The summed E-state index contributed by atoms with van der Waals surface area (Å²) < 4.78 is 28.8. The molecule has 0 aliphatic rings. The maximum atomic E-state index is 13.0. The minimum Gasteiger partial charge on any atom is -0.361 e. The van der Waals surface area contributed by atoms with Crippen LogP contribution in [0.15, 0.2) is 90.0 Å². The third-order valence-electron chi connectivity index (χ3n) is 4.45. The van der Waals surface area contributed by atoms with Gasteiger partial charge in [-0.05, 0) is 35.4 Å². The lowest BCUT2D eigenvalue weighted by Gasteiger charge is -2.19. The molecule has 0 amide bonds. The van der Waals surface area contributed by atoms with Crippen LogP contribution in [0.25, 0.3) is 10.9 Å². The first-order valence-corrected chi connectivity index (χ1v) is 10.3. The quantitative estimate of drug-likeness (QED) is 0.504. The van der Waals surface area contributed by atoms with Crippen LogP contribution in [-0.2, 0) is 10.0 Å². The Balaban J connectivity index is 1.83. The van der Waals surface area contributed by atoms with Crippen molar-refractivity contribution in [3.63, 3.8) is 0 Å². The highest BCUT2D eigenvalue weighted by Crippen LogP contribution is 2.31. The van der Waals surface area contributed by atoms with Gasteiger partial charge in [0, 0.05) is 22.1 Å². The average molecular weight is 397 g/mol. The van der Waals surface area contributed by atoms with Gasteiger partial charge in [0.2, 0.25) is 10.0 Å². The van der Waals surface area contributed by atoms with Crippen molar-refractivity contribution in [1.82, 2.24) is 9.71 Å². The molecule has 0 unspecified atom stereocenters. The summed E-state index contributed by atoms with van der Waals surface area (Å²) in [6.07, 6.45) is 1.83. The third-order valence-corrected chi connectivity index (χ3v) is 6.12. The number of hydrogen-bond acceptors (Lipinski definition) is 2. The molecule has 2 N–H and O–H groups in total. The second kappa shape index (κ2) is 7.19. The van der Waals surface area contributed by atoms with Crippen LogP contribution in [0.4, 0.5) is 0 Å². The van der Waals surface area contributed by atoms with Gasteiger partial charge in [-0.2, -0.15) is 4.72 Å². The topological polar surface area (TPSA) is 62.0 Å². The van der Waals surface area contributed by atoms with E-state index < -0.39 is 16.1 Å². The van der Waals surface area contributed by atoms with E-state index in [0.29, 0.717) is 5.02 Å². The molecular weight excluding hydrogens is 380 g/mol. The molecule has 136 valence electrons. The zero-order chi connectivity index (χ0) is 18.9. The van der Waals surface area contributed by atoms with Crippen LogP contribution in [0.5, 0.6) is 0 Å². The zero-order valence-electron chi connectivity index (χ0n) is 14.3. The Morgan fingerprint density at radius 1 is 0.889 bits per heavy atom. The van der Waals surface area contributed by atoms with Crippen LogP contribution in [0.2, 0.25) is 5.02 Å². The maximum Gasteiger partial charge on any atom is 0.241 e. The van der Waals surface area contributed by atoms with E-state index in [-0.39, 0.29) is 4.90 Å². The summed E-state index contributed by atoms with van der Waals surface area (Å²) in [7, 11) is -3.70. The number of rotatable bonds is 5. The van der Waals surface area contributed by atoms with Gasteiger partial charge < -0.3 is 4.98 Å². The molecule has 4 rings (SSSR count). The predicted octanol–water partition coefficient (Wildman–Crippen LogP) is 4.89. The molecule has 0 aliphatic carbocycles. The molecule has 1 heterocycles. The molecule has 4 aromatic rings. The fraction of sp³-hybridized carbons (Fsp3) is 0.0476. The molecule has 27 heavy (non-hydrogen) atoms. The molecule has 4 nitrogen and oxygen atoms in total. The number of sulfonamides is 1. The highest BCUT2D eigenvalue weighted by atomic mass is 35.5. The van der Waals surface area contributed by atoms with Crippen molar-refractivity contribution in [1.29, 1.82) is 0 Å². The van der Waals surface area contributed by atoms with E-state index in [2.05, 4.69) is 9.71 Å². The molecule has 0 aliphatic heterocycles.